The van der Waals surface area contributed by atoms with Gasteiger partial charge in [0, 0.05) is 43.2 Å². The predicted molar refractivity (Wildman–Crippen MR) is 147 cm³/mol. The summed E-state index contributed by atoms with van der Waals surface area (Å²) in [5, 5.41) is 3.98. The van der Waals surface area contributed by atoms with Crippen LogP contribution in [0.1, 0.15) is 46.0 Å². The smallest absolute Gasteiger partial charge is 0.232 e. The summed E-state index contributed by atoms with van der Waals surface area (Å²) in [7, 11) is 1.54. The molecule has 5 rings (SSSR count). The Kier molecular flexibility index (Phi) is 9.04. The van der Waals surface area contributed by atoms with Crippen LogP contribution < -0.4 is 19.7 Å². The minimum Gasteiger partial charge on any atom is -0.493 e. The van der Waals surface area contributed by atoms with E-state index in [-0.39, 0.29) is 6.04 Å². The van der Waals surface area contributed by atoms with E-state index in [2.05, 4.69) is 38.9 Å². The molecule has 4 heterocycles. The van der Waals surface area contributed by atoms with E-state index in [1.165, 1.54) is 20.0 Å². The Balaban J connectivity index is 1.44. The molecule has 3 aliphatic rings. The van der Waals surface area contributed by atoms with Gasteiger partial charge in [0.25, 0.3) is 0 Å². The van der Waals surface area contributed by atoms with Crippen molar-refractivity contribution < 1.29 is 27.0 Å². The molecule has 222 valence electrons. The Morgan fingerprint density at radius 1 is 0.950 bits per heavy atom. The van der Waals surface area contributed by atoms with Gasteiger partial charge in [0.05, 0.1) is 19.2 Å². The van der Waals surface area contributed by atoms with Gasteiger partial charge in [0.2, 0.25) is 18.5 Å². The SMILES string of the molecule is COc1cc2c(NC3CCN(C(C)C)CC3)nc(N3C(F)C(F)C(F)C3F)nc2cc1OCCCN1CCCC1. The van der Waals surface area contributed by atoms with Crippen molar-refractivity contribution in [2.75, 3.05) is 56.7 Å². The zero-order chi connectivity index (χ0) is 28.4. The highest BCUT2D eigenvalue weighted by Gasteiger charge is 2.53. The Labute approximate surface area is 233 Å². The van der Waals surface area contributed by atoms with Crippen molar-refractivity contribution in [1.82, 2.24) is 19.8 Å². The number of fused-ring (bicyclic) bond motifs is 1. The van der Waals surface area contributed by atoms with Crippen LogP contribution in [0.4, 0.5) is 29.3 Å². The van der Waals surface area contributed by atoms with Gasteiger partial charge >= 0.3 is 0 Å². The quantitative estimate of drug-likeness (QED) is 0.247. The highest BCUT2D eigenvalue weighted by atomic mass is 19.2. The number of anilines is 2. The Morgan fingerprint density at radius 3 is 2.25 bits per heavy atom. The maximum atomic E-state index is 14.7. The number of ether oxygens (including phenoxy) is 2. The Hall–Kier alpha value is -2.60. The molecule has 0 radical (unpaired) electrons. The van der Waals surface area contributed by atoms with Crippen LogP contribution in [-0.2, 0) is 0 Å². The number of aromatic nitrogens is 2. The van der Waals surface area contributed by atoms with E-state index in [4.69, 9.17) is 9.47 Å². The van der Waals surface area contributed by atoms with Crippen molar-refractivity contribution in [1.29, 1.82) is 0 Å². The monoisotopic (exact) mass is 568 g/mol. The second-order valence-electron chi connectivity index (χ2n) is 11.2. The molecule has 3 aliphatic heterocycles. The second-order valence-corrected chi connectivity index (χ2v) is 11.2. The van der Waals surface area contributed by atoms with E-state index < -0.39 is 30.9 Å². The standard InChI is InChI=1S/C28H40F4N6O2/c1-17(2)37-12-7-18(8-13-37)33-27-19-15-21(39-3)22(40-14-6-11-36-9-4-5-10-36)16-20(19)34-28(35-27)38-25(31)23(29)24(30)26(38)32/h15-18,23-26H,4-14H2,1-3H3,(H,33,34,35). The van der Waals surface area contributed by atoms with Crippen LogP contribution in [0.25, 0.3) is 10.9 Å². The summed E-state index contributed by atoms with van der Waals surface area (Å²) >= 11 is 0. The van der Waals surface area contributed by atoms with Gasteiger partial charge < -0.3 is 24.6 Å². The van der Waals surface area contributed by atoms with Gasteiger partial charge in [-0.15, -0.1) is 0 Å². The molecule has 0 aliphatic carbocycles. The van der Waals surface area contributed by atoms with Crippen molar-refractivity contribution >= 4 is 22.7 Å². The Bertz CT molecular complexity index is 1130. The Morgan fingerprint density at radius 2 is 1.62 bits per heavy atom. The average molecular weight is 569 g/mol. The van der Waals surface area contributed by atoms with Gasteiger partial charge in [-0.25, -0.2) is 22.5 Å². The molecule has 0 saturated carbocycles. The van der Waals surface area contributed by atoms with E-state index in [0.29, 0.717) is 45.8 Å². The number of hydrogen-bond acceptors (Lipinski definition) is 8. The van der Waals surface area contributed by atoms with E-state index in [1.807, 2.05) is 0 Å². The van der Waals surface area contributed by atoms with Crippen molar-refractivity contribution in [2.24, 2.45) is 0 Å². The maximum absolute atomic E-state index is 14.7. The van der Waals surface area contributed by atoms with Gasteiger partial charge in [-0.05, 0) is 65.1 Å². The lowest BCUT2D eigenvalue weighted by molar-refractivity contribution is 0.111. The fourth-order valence-corrected chi connectivity index (χ4v) is 5.82. The molecule has 0 amide bonds. The molecule has 2 aromatic rings. The van der Waals surface area contributed by atoms with Gasteiger partial charge in [0.15, 0.2) is 23.8 Å². The highest BCUT2D eigenvalue weighted by Crippen LogP contribution is 2.39. The van der Waals surface area contributed by atoms with Crippen LogP contribution in [-0.4, -0.2) is 103 Å². The van der Waals surface area contributed by atoms with Gasteiger partial charge in [-0.3, -0.25) is 4.90 Å². The summed E-state index contributed by atoms with van der Waals surface area (Å²) < 4.78 is 69.3. The van der Waals surface area contributed by atoms with Gasteiger partial charge in [-0.2, -0.15) is 4.98 Å². The molecule has 0 bridgehead atoms. The lowest BCUT2D eigenvalue weighted by Crippen LogP contribution is -2.42. The third-order valence-electron chi connectivity index (χ3n) is 8.24. The first-order valence-electron chi connectivity index (χ1n) is 14.4. The van der Waals surface area contributed by atoms with Crippen LogP contribution in [0.15, 0.2) is 12.1 Å². The number of methoxy groups -OCH3 is 1. The zero-order valence-corrected chi connectivity index (χ0v) is 23.5. The molecule has 0 spiro atoms. The molecule has 4 atom stereocenters. The minimum atomic E-state index is -2.63. The number of piperidine rings is 1. The van der Waals surface area contributed by atoms with Crippen LogP contribution in [0.3, 0.4) is 0 Å². The van der Waals surface area contributed by atoms with Crippen molar-refractivity contribution in [3.63, 3.8) is 0 Å². The van der Waals surface area contributed by atoms with Crippen molar-refractivity contribution in [3.8, 4) is 11.5 Å². The number of likely N-dealkylation sites (tertiary alicyclic amines) is 2. The van der Waals surface area contributed by atoms with Crippen LogP contribution in [0.2, 0.25) is 0 Å². The second kappa shape index (κ2) is 12.5. The highest BCUT2D eigenvalue weighted by molar-refractivity contribution is 5.93. The third-order valence-corrected chi connectivity index (χ3v) is 8.24. The molecule has 8 nitrogen and oxygen atoms in total. The molecule has 3 saturated heterocycles. The topological polar surface area (TPSA) is 66.0 Å². The largest absolute Gasteiger partial charge is 0.493 e. The summed E-state index contributed by atoms with van der Waals surface area (Å²) in [6.07, 6.45) is -5.38. The van der Waals surface area contributed by atoms with Crippen molar-refractivity contribution in [3.05, 3.63) is 12.1 Å². The molecule has 4 unspecified atom stereocenters. The summed E-state index contributed by atoms with van der Waals surface area (Å²) in [5.74, 6) is 0.823. The van der Waals surface area contributed by atoms with E-state index >= 15 is 0 Å². The third kappa shape index (κ3) is 6.02. The molecule has 1 aromatic carbocycles. The molecule has 40 heavy (non-hydrogen) atoms. The molecule has 3 fully saturated rings. The zero-order valence-electron chi connectivity index (χ0n) is 23.5. The normalized spacial score (nSPS) is 26.8. The lowest BCUT2D eigenvalue weighted by atomic mass is 10.0. The molecule has 1 aromatic heterocycles. The first kappa shape index (κ1) is 28.9. The van der Waals surface area contributed by atoms with Gasteiger partial charge in [0.1, 0.15) is 5.82 Å². The number of rotatable bonds is 10. The van der Waals surface area contributed by atoms with E-state index in [9.17, 15) is 17.6 Å². The fraction of sp³-hybridized carbons (Fsp3) is 0.714. The summed E-state index contributed by atoms with van der Waals surface area (Å²) in [4.78, 5) is 13.9. The van der Waals surface area contributed by atoms with Crippen LogP contribution in [0, 0.1) is 0 Å². The lowest BCUT2D eigenvalue weighted by Gasteiger charge is -2.35. The summed E-state index contributed by atoms with van der Waals surface area (Å²) in [6, 6.07) is 3.86. The average Bonchev–Trinajstić information content (AvgIpc) is 3.54. The number of nitrogens with one attached hydrogen (secondary N) is 1. The number of alkyl halides is 4. The molecule has 12 heteroatoms. The minimum absolute atomic E-state index is 0.0530. The van der Waals surface area contributed by atoms with Crippen LogP contribution in [0.5, 0.6) is 11.5 Å². The van der Waals surface area contributed by atoms with E-state index in [0.717, 1.165) is 52.0 Å². The van der Waals surface area contributed by atoms with Gasteiger partial charge in [-0.1, -0.05) is 0 Å². The summed E-state index contributed by atoms with van der Waals surface area (Å²) in [6.45, 7) is 9.69. The first-order valence-corrected chi connectivity index (χ1v) is 14.4. The predicted octanol–water partition coefficient (Wildman–Crippen LogP) is 4.88. The van der Waals surface area contributed by atoms with Crippen LogP contribution >= 0.6 is 0 Å². The fourth-order valence-electron chi connectivity index (χ4n) is 5.82. The first-order chi connectivity index (χ1) is 19.3. The van der Waals surface area contributed by atoms with Crippen molar-refractivity contribution in [2.45, 2.75) is 83.0 Å². The molecular weight excluding hydrogens is 528 g/mol. The maximum Gasteiger partial charge on any atom is 0.232 e. The molecule has 1 N–H and O–H groups in total. The molecular formula is C28H40F4N6O2. The summed E-state index contributed by atoms with van der Waals surface area (Å²) in [5.41, 5.74) is 0.333. The van der Waals surface area contributed by atoms with E-state index in [1.54, 1.807) is 12.1 Å². The number of benzene rings is 1. The number of nitrogens with zero attached hydrogens (tertiary/aromatic N) is 5. The number of hydrogen-bond donors (Lipinski definition) is 1. The number of halogens is 4.